The second-order valence-corrected chi connectivity index (χ2v) is 8.40. The maximum absolute atomic E-state index is 12.0. The van der Waals surface area contributed by atoms with Gasteiger partial charge in [0, 0.05) is 0 Å². The number of aromatic carboxylic acids is 2. The van der Waals surface area contributed by atoms with Gasteiger partial charge in [0.05, 0.1) is 0 Å². The molecule has 0 radical (unpaired) electrons. The molecule has 6 heteroatoms. The van der Waals surface area contributed by atoms with Gasteiger partial charge in [-0.3, -0.25) is 0 Å². The lowest BCUT2D eigenvalue weighted by Gasteiger charge is -2.15. The van der Waals surface area contributed by atoms with Gasteiger partial charge in [-0.05, 0) is 56.9 Å². The molecule has 0 aromatic heterocycles. The minimum Gasteiger partial charge on any atom is -0.488 e. The number of hydrogen-bond donors (Lipinski definition) is 2. The molecule has 0 unspecified atom stereocenters. The molecule has 0 amide bonds. The van der Waals surface area contributed by atoms with E-state index in [1.165, 1.54) is 12.1 Å². The molecule has 178 valence electrons. The van der Waals surface area contributed by atoms with Crippen molar-refractivity contribution in [3.05, 3.63) is 119 Å². The molecule has 0 aliphatic rings. The van der Waals surface area contributed by atoms with E-state index in [1.54, 1.807) is 0 Å². The minimum absolute atomic E-state index is 0.0360. The fourth-order valence-electron chi connectivity index (χ4n) is 4.11. The van der Waals surface area contributed by atoms with Crippen LogP contribution in [0.25, 0.3) is 21.5 Å². The zero-order valence-corrected chi connectivity index (χ0v) is 19.2. The van der Waals surface area contributed by atoms with E-state index in [-0.39, 0.29) is 35.8 Å². The van der Waals surface area contributed by atoms with Crippen molar-refractivity contribution in [3.63, 3.8) is 0 Å². The zero-order valence-electron chi connectivity index (χ0n) is 19.2. The van der Waals surface area contributed by atoms with E-state index in [4.69, 9.17) is 9.47 Å². The minimum atomic E-state index is -1.24. The predicted molar refractivity (Wildman–Crippen MR) is 137 cm³/mol. The summed E-state index contributed by atoms with van der Waals surface area (Å²) in [6.07, 6.45) is 0. The Balaban J connectivity index is 1.40. The van der Waals surface area contributed by atoms with Crippen LogP contribution in [0.5, 0.6) is 11.5 Å². The Kier molecular flexibility index (Phi) is 6.24. The average Bonchev–Trinajstić information content (AvgIpc) is 2.90. The highest BCUT2D eigenvalue weighted by atomic mass is 16.5. The standard InChI is InChI=1S/C30H22O6/c31-29(32)25-16-28(36-18-20-10-12-22-6-2-4-8-24(22)14-20)26(30(33)34)15-27(25)35-17-19-9-11-21-5-1-3-7-23(21)13-19/h1-16H,17-18H2,(H,31,32)(H,33,34). The number of rotatable bonds is 8. The van der Waals surface area contributed by atoms with Crippen LogP contribution in [0.15, 0.2) is 97.1 Å². The van der Waals surface area contributed by atoms with Gasteiger partial charge in [0.15, 0.2) is 0 Å². The van der Waals surface area contributed by atoms with Gasteiger partial charge in [-0.25, -0.2) is 9.59 Å². The van der Waals surface area contributed by atoms with Gasteiger partial charge in [-0.2, -0.15) is 0 Å². The Morgan fingerprint density at radius 1 is 0.528 bits per heavy atom. The Labute approximate surface area is 207 Å². The van der Waals surface area contributed by atoms with Crippen LogP contribution >= 0.6 is 0 Å². The molecule has 5 aromatic rings. The van der Waals surface area contributed by atoms with Crippen LogP contribution in [0.3, 0.4) is 0 Å². The molecule has 0 aliphatic carbocycles. The van der Waals surface area contributed by atoms with Gasteiger partial charge in [0.2, 0.25) is 0 Å². The smallest absolute Gasteiger partial charge is 0.339 e. The van der Waals surface area contributed by atoms with Crippen LogP contribution in [0, 0.1) is 0 Å². The normalized spacial score (nSPS) is 10.9. The lowest BCUT2D eigenvalue weighted by atomic mass is 10.1. The van der Waals surface area contributed by atoms with Gasteiger partial charge < -0.3 is 19.7 Å². The zero-order chi connectivity index (χ0) is 25.1. The second-order valence-electron chi connectivity index (χ2n) is 8.40. The first-order chi connectivity index (χ1) is 17.5. The van der Waals surface area contributed by atoms with E-state index in [0.29, 0.717) is 0 Å². The van der Waals surface area contributed by atoms with Crippen molar-refractivity contribution in [3.8, 4) is 11.5 Å². The number of carbonyl (C=O) groups is 2. The summed E-state index contributed by atoms with van der Waals surface area (Å²) in [5.41, 5.74) is 1.32. The third-order valence-electron chi connectivity index (χ3n) is 5.96. The number of fused-ring (bicyclic) bond motifs is 2. The van der Waals surface area contributed by atoms with Gasteiger partial charge in [0.25, 0.3) is 0 Å². The summed E-state index contributed by atoms with van der Waals surface area (Å²) in [6, 6.07) is 29.8. The molecule has 0 fully saturated rings. The lowest BCUT2D eigenvalue weighted by Crippen LogP contribution is -2.09. The first kappa shape index (κ1) is 22.9. The molecule has 0 saturated carbocycles. The largest absolute Gasteiger partial charge is 0.488 e. The van der Waals surface area contributed by atoms with Gasteiger partial charge in [-0.1, -0.05) is 72.8 Å². The van der Waals surface area contributed by atoms with Crippen molar-refractivity contribution in [2.75, 3.05) is 0 Å². The van der Waals surface area contributed by atoms with E-state index in [2.05, 4.69) is 0 Å². The third-order valence-corrected chi connectivity index (χ3v) is 5.96. The van der Waals surface area contributed by atoms with E-state index >= 15 is 0 Å². The highest BCUT2D eigenvalue weighted by molar-refractivity contribution is 5.97. The van der Waals surface area contributed by atoms with E-state index in [0.717, 1.165) is 32.7 Å². The van der Waals surface area contributed by atoms with Crippen LogP contribution in [-0.4, -0.2) is 22.2 Å². The van der Waals surface area contributed by atoms with Crippen LogP contribution in [-0.2, 0) is 13.2 Å². The quantitative estimate of drug-likeness (QED) is 0.263. The third kappa shape index (κ3) is 4.83. The SMILES string of the molecule is O=C(O)c1cc(OCc2ccc3ccccc3c2)c(C(=O)O)cc1OCc1ccc2ccccc2c1. The highest BCUT2D eigenvalue weighted by Crippen LogP contribution is 2.31. The Bertz CT molecular complexity index is 1480. The number of hydrogen-bond acceptors (Lipinski definition) is 4. The molecular weight excluding hydrogens is 456 g/mol. The summed E-state index contributed by atoms with van der Waals surface area (Å²) < 4.78 is 11.6. The molecule has 0 atom stereocenters. The molecule has 0 heterocycles. The van der Waals surface area contributed by atoms with Gasteiger partial charge in [-0.15, -0.1) is 0 Å². The van der Waals surface area contributed by atoms with Gasteiger partial charge >= 0.3 is 11.9 Å². The monoisotopic (exact) mass is 478 g/mol. The molecule has 0 bridgehead atoms. The van der Waals surface area contributed by atoms with Crippen LogP contribution < -0.4 is 9.47 Å². The van der Waals surface area contributed by atoms with Crippen molar-refractivity contribution in [2.24, 2.45) is 0 Å². The summed E-state index contributed by atoms with van der Waals surface area (Å²) >= 11 is 0. The summed E-state index contributed by atoms with van der Waals surface area (Å²) in [4.78, 5) is 24.0. The summed E-state index contributed by atoms with van der Waals surface area (Å²) in [7, 11) is 0. The second kappa shape index (κ2) is 9.80. The molecular formula is C30H22O6. The molecule has 0 aliphatic heterocycles. The van der Waals surface area contributed by atoms with E-state index in [9.17, 15) is 19.8 Å². The lowest BCUT2D eigenvalue weighted by molar-refractivity contribution is 0.0672. The van der Waals surface area contributed by atoms with Crippen molar-refractivity contribution in [1.29, 1.82) is 0 Å². The highest BCUT2D eigenvalue weighted by Gasteiger charge is 2.21. The topological polar surface area (TPSA) is 93.1 Å². The van der Waals surface area contributed by atoms with Crippen LogP contribution in [0.2, 0.25) is 0 Å². The van der Waals surface area contributed by atoms with E-state index in [1.807, 2.05) is 84.9 Å². The molecule has 0 saturated heterocycles. The Morgan fingerprint density at radius 3 is 1.31 bits per heavy atom. The van der Waals surface area contributed by atoms with Crippen LogP contribution in [0.1, 0.15) is 31.8 Å². The van der Waals surface area contributed by atoms with Crippen molar-refractivity contribution >= 4 is 33.5 Å². The van der Waals surface area contributed by atoms with Gasteiger partial charge in [0.1, 0.15) is 35.8 Å². The maximum Gasteiger partial charge on any atom is 0.339 e. The number of benzene rings is 5. The van der Waals surface area contributed by atoms with Crippen molar-refractivity contribution in [1.82, 2.24) is 0 Å². The molecule has 5 rings (SSSR count). The van der Waals surface area contributed by atoms with Crippen molar-refractivity contribution in [2.45, 2.75) is 13.2 Å². The molecule has 6 nitrogen and oxygen atoms in total. The average molecular weight is 479 g/mol. The number of carboxylic acid groups (broad SMARTS) is 2. The Hall–Kier alpha value is -4.84. The summed E-state index contributed by atoms with van der Waals surface area (Å²) in [5, 5.41) is 23.8. The fraction of sp³-hybridized carbons (Fsp3) is 0.0667. The van der Waals surface area contributed by atoms with Crippen molar-refractivity contribution < 1.29 is 29.3 Å². The predicted octanol–water partition coefficient (Wildman–Crippen LogP) is 6.55. The molecule has 2 N–H and O–H groups in total. The first-order valence-corrected chi connectivity index (χ1v) is 11.3. The number of ether oxygens (including phenoxy) is 2. The molecule has 0 spiro atoms. The molecule has 36 heavy (non-hydrogen) atoms. The number of carboxylic acids is 2. The van der Waals surface area contributed by atoms with E-state index < -0.39 is 11.9 Å². The summed E-state index contributed by atoms with van der Waals surface area (Å²) in [5.74, 6) is -2.55. The molecule has 5 aromatic carbocycles. The van der Waals surface area contributed by atoms with Crippen LogP contribution in [0.4, 0.5) is 0 Å². The summed E-state index contributed by atoms with van der Waals surface area (Å²) in [6.45, 7) is 0.170. The maximum atomic E-state index is 12.0. The first-order valence-electron chi connectivity index (χ1n) is 11.3. The fourth-order valence-corrected chi connectivity index (χ4v) is 4.11. The Morgan fingerprint density at radius 2 is 0.917 bits per heavy atom.